The van der Waals surface area contributed by atoms with Gasteiger partial charge in [-0.1, -0.05) is 6.42 Å². The molecule has 3 heterocycles. The van der Waals surface area contributed by atoms with Crippen molar-refractivity contribution in [2.75, 3.05) is 31.1 Å². The first-order valence-electron chi connectivity index (χ1n) is 7.29. The summed E-state index contributed by atoms with van der Waals surface area (Å²) in [5.74, 6) is 0.316. The molecule has 1 aromatic heterocycles. The van der Waals surface area contributed by atoms with Crippen LogP contribution >= 0.6 is 0 Å². The minimum absolute atomic E-state index is 0.365. The van der Waals surface area contributed by atoms with Gasteiger partial charge in [0, 0.05) is 19.1 Å². The Morgan fingerprint density at radius 3 is 2.53 bits per heavy atom. The largest absolute Gasteiger partial charge is 0.337 e. The molecule has 0 saturated carbocycles. The fourth-order valence-corrected chi connectivity index (χ4v) is 3.18. The second-order valence-corrected chi connectivity index (χ2v) is 5.55. The lowest BCUT2D eigenvalue weighted by atomic mass is 10.1. The van der Waals surface area contributed by atoms with Crippen molar-refractivity contribution in [3.05, 3.63) is 18.2 Å². The Kier molecular flexibility index (Phi) is 3.92. The van der Waals surface area contributed by atoms with E-state index in [0.29, 0.717) is 12.0 Å². The van der Waals surface area contributed by atoms with E-state index in [4.69, 9.17) is 0 Å². The molecule has 0 unspecified atom stereocenters. The Bertz CT molecular complexity index is 402. The maximum atomic E-state index is 12.9. The normalized spacial score (nSPS) is 24.9. The Balaban J connectivity index is 1.65. The second kappa shape index (κ2) is 5.82. The van der Waals surface area contributed by atoms with Crippen molar-refractivity contribution in [3.63, 3.8) is 0 Å². The molecule has 0 radical (unpaired) electrons. The van der Waals surface area contributed by atoms with E-state index in [1.807, 2.05) is 0 Å². The number of aromatic nitrogens is 2. The zero-order valence-electron chi connectivity index (χ0n) is 11.3. The first-order chi connectivity index (χ1) is 9.33. The van der Waals surface area contributed by atoms with Gasteiger partial charge in [-0.25, -0.2) is 14.4 Å². The minimum atomic E-state index is -0.365. The van der Waals surface area contributed by atoms with Crippen LogP contribution < -0.4 is 4.90 Å². The predicted octanol–water partition coefficient (Wildman–Crippen LogP) is 2.07. The molecule has 4 nitrogen and oxygen atoms in total. The van der Waals surface area contributed by atoms with Crippen molar-refractivity contribution in [2.45, 2.75) is 38.1 Å². The van der Waals surface area contributed by atoms with E-state index in [1.165, 1.54) is 57.6 Å². The first-order valence-corrected chi connectivity index (χ1v) is 7.29. The maximum Gasteiger partial charge on any atom is 0.225 e. The standard InChI is InChI=1S/C14H21FN4/c15-12-9-16-14(17-10-12)19-8-4-5-13(19)11-18-6-2-1-3-7-18/h9-10,13H,1-8,11H2/t13-/m0/s1. The molecule has 19 heavy (non-hydrogen) atoms. The van der Waals surface area contributed by atoms with Crippen molar-refractivity contribution in [3.8, 4) is 0 Å². The molecular formula is C14H21FN4. The van der Waals surface area contributed by atoms with E-state index in [1.54, 1.807) is 0 Å². The third kappa shape index (κ3) is 3.03. The summed E-state index contributed by atoms with van der Waals surface area (Å²) in [6, 6.07) is 0.489. The molecule has 0 N–H and O–H groups in total. The Morgan fingerprint density at radius 2 is 1.79 bits per heavy atom. The molecule has 2 saturated heterocycles. The van der Waals surface area contributed by atoms with E-state index in [0.717, 1.165) is 13.1 Å². The molecule has 1 aromatic rings. The minimum Gasteiger partial charge on any atom is -0.337 e. The van der Waals surface area contributed by atoms with Crippen LogP contribution in [0.4, 0.5) is 10.3 Å². The van der Waals surface area contributed by atoms with Crippen LogP contribution in [0.2, 0.25) is 0 Å². The van der Waals surface area contributed by atoms with E-state index in [9.17, 15) is 4.39 Å². The number of nitrogens with zero attached hydrogens (tertiary/aromatic N) is 4. The van der Waals surface area contributed by atoms with Gasteiger partial charge in [-0.3, -0.25) is 0 Å². The second-order valence-electron chi connectivity index (χ2n) is 5.55. The van der Waals surface area contributed by atoms with Gasteiger partial charge < -0.3 is 9.80 Å². The number of rotatable bonds is 3. The third-order valence-electron chi connectivity index (χ3n) is 4.16. The maximum absolute atomic E-state index is 12.9. The van der Waals surface area contributed by atoms with Crippen LogP contribution in [0, 0.1) is 5.82 Å². The van der Waals surface area contributed by atoms with Gasteiger partial charge in [-0.2, -0.15) is 0 Å². The lowest BCUT2D eigenvalue weighted by Gasteiger charge is -2.32. The van der Waals surface area contributed by atoms with Crippen molar-refractivity contribution >= 4 is 5.95 Å². The fourth-order valence-electron chi connectivity index (χ4n) is 3.18. The fraction of sp³-hybridized carbons (Fsp3) is 0.714. The Labute approximate surface area is 113 Å². The summed E-state index contributed by atoms with van der Waals surface area (Å²) in [6.07, 6.45) is 8.90. The highest BCUT2D eigenvalue weighted by molar-refractivity contribution is 5.32. The van der Waals surface area contributed by atoms with E-state index in [2.05, 4.69) is 19.8 Å². The predicted molar refractivity (Wildman–Crippen MR) is 72.6 cm³/mol. The number of anilines is 1. The van der Waals surface area contributed by atoms with Gasteiger partial charge in [0.1, 0.15) is 0 Å². The molecule has 0 aliphatic carbocycles. The van der Waals surface area contributed by atoms with Crippen LogP contribution in [0.5, 0.6) is 0 Å². The average molecular weight is 264 g/mol. The molecular weight excluding hydrogens is 243 g/mol. The zero-order chi connectivity index (χ0) is 13.1. The molecule has 2 fully saturated rings. The Hall–Kier alpha value is -1.23. The summed E-state index contributed by atoms with van der Waals surface area (Å²) < 4.78 is 12.9. The van der Waals surface area contributed by atoms with Crippen molar-refractivity contribution in [2.24, 2.45) is 0 Å². The van der Waals surface area contributed by atoms with Gasteiger partial charge in [-0.05, 0) is 38.8 Å². The van der Waals surface area contributed by atoms with Crippen LogP contribution in [-0.4, -0.2) is 47.1 Å². The number of halogens is 1. The van der Waals surface area contributed by atoms with E-state index in [-0.39, 0.29) is 5.82 Å². The summed E-state index contributed by atoms with van der Waals surface area (Å²) in [7, 11) is 0. The topological polar surface area (TPSA) is 32.3 Å². The summed E-state index contributed by atoms with van der Waals surface area (Å²) in [5, 5.41) is 0. The van der Waals surface area contributed by atoms with Crippen LogP contribution in [0.25, 0.3) is 0 Å². The van der Waals surface area contributed by atoms with Gasteiger partial charge in [0.05, 0.1) is 12.4 Å². The van der Waals surface area contributed by atoms with Crippen LogP contribution in [-0.2, 0) is 0 Å². The van der Waals surface area contributed by atoms with E-state index < -0.39 is 0 Å². The SMILES string of the molecule is Fc1cnc(N2CCC[C@H]2CN2CCCCC2)nc1. The molecule has 3 rings (SSSR count). The van der Waals surface area contributed by atoms with Gasteiger partial charge in [0.15, 0.2) is 5.82 Å². The lowest BCUT2D eigenvalue weighted by Crippen LogP contribution is -2.43. The van der Waals surface area contributed by atoms with Gasteiger partial charge in [0.25, 0.3) is 0 Å². The summed E-state index contributed by atoms with van der Waals surface area (Å²) in [6.45, 7) is 4.52. The number of piperidine rings is 1. The zero-order valence-corrected chi connectivity index (χ0v) is 11.3. The van der Waals surface area contributed by atoms with Crippen molar-refractivity contribution in [1.82, 2.24) is 14.9 Å². The molecule has 2 aliphatic rings. The molecule has 0 spiro atoms. The third-order valence-corrected chi connectivity index (χ3v) is 4.16. The summed E-state index contributed by atoms with van der Waals surface area (Å²) in [5.41, 5.74) is 0. The smallest absolute Gasteiger partial charge is 0.225 e. The number of hydrogen-bond donors (Lipinski definition) is 0. The molecule has 5 heteroatoms. The number of hydrogen-bond acceptors (Lipinski definition) is 4. The molecule has 104 valence electrons. The Morgan fingerprint density at radius 1 is 1.05 bits per heavy atom. The lowest BCUT2D eigenvalue weighted by molar-refractivity contribution is 0.216. The average Bonchev–Trinajstić information content (AvgIpc) is 2.89. The molecule has 0 aromatic carbocycles. The highest BCUT2D eigenvalue weighted by atomic mass is 19.1. The quantitative estimate of drug-likeness (QED) is 0.836. The highest BCUT2D eigenvalue weighted by Gasteiger charge is 2.28. The number of likely N-dealkylation sites (tertiary alicyclic amines) is 1. The van der Waals surface area contributed by atoms with Crippen LogP contribution in [0.1, 0.15) is 32.1 Å². The first kappa shape index (κ1) is 12.8. The summed E-state index contributed by atoms with van der Waals surface area (Å²) >= 11 is 0. The molecule has 2 aliphatic heterocycles. The van der Waals surface area contributed by atoms with E-state index >= 15 is 0 Å². The molecule has 0 bridgehead atoms. The van der Waals surface area contributed by atoms with Crippen LogP contribution in [0.15, 0.2) is 12.4 Å². The van der Waals surface area contributed by atoms with Gasteiger partial charge >= 0.3 is 0 Å². The van der Waals surface area contributed by atoms with Crippen LogP contribution in [0.3, 0.4) is 0 Å². The molecule has 0 amide bonds. The molecule has 1 atom stereocenters. The highest BCUT2D eigenvalue weighted by Crippen LogP contribution is 2.23. The van der Waals surface area contributed by atoms with Gasteiger partial charge in [0.2, 0.25) is 5.95 Å². The van der Waals surface area contributed by atoms with Crippen molar-refractivity contribution in [1.29, 1.82) is 0 Å². The van der Waals surface area contributed by atoms with Gasteiger partial charge in [-0.15, -0.1) is 0 Å². The van der Waals surface area contributed by atoms with Crippen molar-refractivity contribution < 1.29 is 4.39 Å². The summed E-state index contributed by atoms with van der Waals surface area (Å²) in [4.78, 5) is 13.0. The monoisotopic (exact) mass is 264 g/mol.